The number of esters is 2. The second-order valence-electron chi connectivity index (χ2n) is 6.96. The second-order valence-corrected chi connectivity index (χ2v) is 6.96. The van der Waals surface area contributed by atoms with Gasteiger partial charge in [0.1, 0.15) is 6.10 Å². The van der Waals surface area contributed by atoms with Crippen LogP contribution in [0.4, 0.5) is 0 Å². The highest BCUT2D eigenvalue weighted by molar-refractivity contribution is 5.91. The van der Waals surface area contributed by atoms with Crippen LogP contribution in [0.2, 0.25) is 0 Å². The Balaban J connectivity index is 4.11. The molecule has 0 fully saturated rings. The highest BCUT2D eigenvalue weighted by Gasteiger charge is 2.13. The van der Waals surface area contributed by atoms with Gasteiger partial charge in [0.25, 0.3) is 0 Å². The summed E-state index contributed by atoms with van der Waals surface area (Å²) in [7, 11) is 1.67. The molecule has 27 heavy (non-hydrogen) atoms. The third kappa shape index (κ3) is 17.8. The molecular weight excluding hydrogens is 344 g/mol. The van der Waals surface area contributed by atoms with Crippen LogP contribution in [0.1, 0.15) is 90.9 Å². The summed E-state index contributed by atoms with van der Waals surface area (Å²) < 4.78 is 15.7. The summed E-state index contributed by atoms with van der Waals surface area (Å²) in [5.41, 5.74) is 0. The highest BCUT2D eigenvalue weighted by Crippen LogP contribution is 2.14. The van der Waals surface area contributed by atoms with Crippen LogP contribution in [0.5, 0.6) is 0 Å². The summed E-state index contributed by atoms with van der Waals surface area (Å²) >= 11 is 0. The zero-order chi connectivity index (χ0) is 20.2. The van der Waals surface area contributed by atoms with Crippen LogP contribution >= 0.6 is 0 Å². The summed E-state index contributed by atoms with van der Waals surface area (Å²) in [5, 5.41) is 0. The minimum absolute atomic E-state index is 0.122. The minimum atomic E-state index is -0.485. The Kier molecular flexibility index (Phi) is 18.4. The van der Waals surface area contributed by atoms with Gasteiger partial charge in [0.2, 0.25) is 0 Å². The first kappa shape index (κ1) is 25.6. The average Bonchev–Trinajstić information content (AvgIpc) is 2.66. The molecule has 5 heteroatoms. The molecule has 0 bridgehead atoms. The van der Waals surface area contributed by atoms with Crippen molar-refractivity contribution in [1.29, 1.82) is 0 Å². The zero-order valence-corrected chi connectivity index (χ0v) is 17.7. The minimum Gasteiger partial charge on any atom is -0.463 e. The van der Waals surface area contributed by atoms with Crippen molar-refractivity contribution in [1.82, 2.24) is 0 Å². The van der Waals surface area contributed by atoms with Crippen LogP contribution in [-0.2, 0) is 23.8 Å². The van der Waals surface area contributed by atoms with Crippen molar-refractivity contribution in [2.24, 2.45) is 0 Å². The first-order valence-corrected chi connectivity index (χ1v) is 10.7. The molecule has 0 aromatic rings. The van der Waals surface area contributed by atoms with E-state index in [2.05, 4.69) is 13.8 Å². The molecule has 1 atom stereocenters. The molecule has 0 rings (SSSR count). The van der Waals surface area contributed by atoms with Crippen LogP contribution in [0.3, 0.4) is 0 Å². The predicted molar refractivity (Wildman–Crippen MR) is 109 cm³/mol. The summed E-state index contributed by atoms with van der Waals surface area (Å²) in [6, 6.07) is 0. The molecule has 0 aromatic carbocycles. The number of hydrogen-bond donors (Lipinski definition) is 0. The summed E-state index contributed by atoms with van der Waals surface area (Å²) in [6.45, 7) is 5.39. The Hall–Kier alpha value is -1.36. The summed E-state index contributed by atoms with van der Waals surface area (Å²) in [6.07, 6.45) is 14.8. The number of ether oxygens (including phenoxy) is 3. The number of carbonyl (C=O) groups excluding carboxylic acids is 2. The number of rotatable bonds is 18. The molecule has 5 nitrogen and oxygen atoms in total. The Morgan fingerprint density at radius 1 is 0.741 bits per heavy atom. The van der Waals surface area contributed by atoms with Crippen molar-refractivity contribution in [3.05, 3.63) is 12.2 Å². The fourth-order valence-corrected chi connectivity index (χ4v) is 2.78. The van der Waals surface area contributed by atoms with Crippen LogP contribution < -0.4 is 0 Å². The summed E-state index contributed by atoms with van der Waals surface area (Å²) in [5.74, 6) is -0.964. The molecule has 0 aliphatic rings. The van der Waals surface area contributed by atoms with E-state index < -0.39 is 11.9 Å². The topological polar surface area (TPSA) is 61.8 Å². The number of carbonyl (C=O) groups is 2. The van der Waals surface area contributed by atoms with Gasteiger partial charge in [0.05, 0.1) is 6.61 Å². The van der Waals surface area contributed by atoms with Crippen molar-refractivity contribution >= 4 is 11.9 Å². The monoisotopic (exact) mass is 384 g/mol. The SMILES string of the molecule is CCCCCCCOC(=O)/C=C/C(=O)OC(CCCCCC)CCCOC. The Bertz CT molecular complexity index is 392. The number of methoxy groups -OCH3 is 1. The Morgan fingerprint density at radius 2 is 1.33 bits per heavy atom. The van der Waals surface area contributed by atoms with E-state index in [1.807, 2.05) is 0 Å². The maximum Gasteiger partial charge on any atom is 0.331 e. The van der Waals surface area contributed by atoms with E-state index in [0.29, 0.717) is 13.2 Å². The summed E-state index contributed by atoms with van der Waals surface area (Å²) in [4.78, 5) is 23.6. The lowest BCUT2D eigenvalue weighted by Gasteiger charge is -2.16. The van der Waals surface area contributed by atoms with Gasteiger partial charge < -0.3 is 14.2 Å². The lowest BCUT2D eigenvalue weighted by atomic mass is 10.1. The maximum atomic E-state index is 12.0. The van der Waals surface area contributed by atoms with E-state index in [4.69, 9.17) is 14.2 Å². The van der Waals surface area contributed by atoms with Gasteiger partial charge in [-0.2, -0.15) is 0 Å². The molecule has 0 aliphatic heterocycles. The fraction of sp³-hybridized carbons (Fsp3) is 0.818. The predicted octanol–water partition coefficient (Wildman–Crippen LogP) is 5.37. The third-order valence-electron chi connectivity index (χ3n) is 4.38. The van der Waals surface area contributed by atoms with E-state index in [9.17, 15) is 9.59 Å². The molecule has 0 radical (unpaired) electrons. The molecule has 0 saturated carbocycles. The molecule has 1 unspecified atom stereocenters. The molecule has 0 aromatic heterocycles. The van der Waals surface area contributed by atoms with Crippen molar-refractivity contribution in [2.75, 3.05) is 20.3 Å². The van der Waals surface area contributed by atoms with Gasteiger partial charge in [-0.25, -0.2) is 9.59 Å². The van der Waals surface area contributed by atoms with Crippen LogP contribution in [0, 0.1) is 0 Å². The molecule has 158 valence electrons. The smallest absolute Gasteiger partial charge is 0.331 e. The van der Waals surface area contributed by atoms with Gasteiger partial charge in [0, 0.05) is 25.9 Å². The normalized spacial score (nSPS) is 12.3. The van der Waals surface area contributed by atoms with Crippen molar-refractivity contribution in [2.45, 2.75) is 97.0 Å². The first-order chi connectivity index (χ1) is 13.1. The van der Waals surface area contributed by atoms with Crippen molar-refractivity contribution in [3.63, 3.8) is 0 Å². The number of unbranched alkanes of at least 4 members (excludes halogenated alkanes) is 7. The third-order valence-corrected chi connectivity index (χ3v) is 4.38. The molecular formula is C22H40O5. The molecule has 0 aliphatic carbocycles. The quantitative estimate of drug-likeness (QED) is 0.181. The molecule has 0 saturated heterocycles. The van der Waals surface area contributed by atoms with E-state index in [1.54, 1.807) is 7.11 Å². The van der Waals surface area contributed by atoms with E-state index >= 15 is 0 Å². The largest absolute Gasteiger partial charge is 0.463 e. The Labute approximate surface area is 165 Å². The average molecular weight is 385 g/mol. The Morgan fingerprint density at radius 3 is 2.00 bits per heavy atom. The van der Waals surface area contributed by atoms with E-state index in [-0.39, 0.29) is 6.10 Å². The molecule has 0 amide bonds. The second kappa shape index (κ2) is 19.4. The fourth-order valence-electron chi connectivity index (χ4n) is 2.78. The van der Waals surface area contributed by atoms with E-state index in [1.165, 1.54) is 38.2 Å². The lowest BCUT2D eigenvalue weighted by Crippen LogP contribution is -2.18. The van der Waals surface area contributed by atoms with Crippen LogP contribution in [0.15, 0.2) is 12.2 Å². The number of hydrogen-bond acceptors (Lipinski definition) is 5. The molecule has 0 N–H and O–H groups in total. The lowest BCUT2D eigenvalue weighted by molar-refractivity contribution is -0.145. The van der Waals surface area contributed by atoms with Gasteiger partial charge in [-0.15, -0.1) is 0 Å². The van der Waals surface area contributed by atoms with Crippen LogP contribution in [0.25, 0.3) is 0 Å². The van der Waals surface area contributed by atoms with Crippen LogP contribution in [-0.4, -0.2) is 38.4 Å². The highest BCUT2D eigenvalue weighted by atomic mass is 16.5. The van der Waals surface area contributed by atoms with Gasteiger partial charge >= 0.3 is 11.9 Å². The molecule has 0 spiro atoms. The first-order valence-electron chi connectivity index (χ1n) is 10.7. The van der Waals surface area contributed by atoms with Gasteiger partial charge in [0.15, 0.2) is 0 Å². The van der Waals surface area contributed by atoms with Gasteiger partial charge in [-0.3, -0.25) is 0 Å². The van der Waals surface area contributed by atoms with Crippen molar-refractivity contribution in [3.8, 4) is 0 Å². The molecule has 0 heterocycles. The maximum absolute atomic E-state index is 12.0. The standard InChI is InChI=1S/C22H40O5/c1-4-6-8-10-12-19-26-21(23)16-17-22(24)27-20(15-13-18-25-3)14-11-9-7-5-2/h16-17,20H,4-15,18-19H2,1-3H3/b17-16+. The van der Waals surface area contributed by atoms with Gasteiger partial charge in [-0.1, -0.05) is 58.8 Å². The van der Waals surface area contributed by atoms with Crippen molar-refractivity contribution < 1.29 is 23.8 Å². The van der Waals surface area contributed by atoms with E-state index in [0.717, 1.165) is 51.0 Å². The van der Waals surface area contributed by atoms with Gasteiger partial charge in [-0.05, 0) is 32.1 Å². The zero-order valence-electron chi connectivity index (χ0n) is 17.7.